The van der Waals surface area contributed by atoms with Gasteiger partial charge in [-0.3, -0.25) is 4.98 Å². The Morgan fingerprint density at radius 2 is 1.96 bits per heavy atom. The van der Waals surface area contributed by atoms with E-state index < -0.39 is 0 Å². The van der Waals surface area contributed by atoms with Crippen molar-refractivity contribution in [2.75, 3.05) is 31.6 Å². The molecule has 0 bridgehead atoms. The van der Waals surface area contributed by atoms with E-state index in [4.69, 9.17) is 4.74 Å². The summed E-state index contributed by atoms with van der Waals surface area (Å²) < 4.78 is 19.7. The minimum absolute atomic E-state index is 0.271. The molecule has 3 heterocycles. The SMILES string of the molecule is O=C(N1CCOCC1)n1nc(-c2cccnc2)nc1NCc1ccc(F)cc1. The van der Waals surface area contributed by atoms with Crippen LogP contribution >= 0.6 is 0 Å². The highest BCUT2D eigenvalue weighted by molar-refractivity contribution is 5.79. The van der Waals surface area contributed by atoms with Crippen molar-refractivity contribution in [3.63, 3.8) is 0 Å². The topological polar surface area (TPSA) is 85.2 Å². The molecule has 0 aliphatic carbocycles. The molecule has 3 aromatic rings. The van der Waals surface area contributed by atoms with Crippen molar-refractivity contribution >= 4 is 12.0 Å². The second-order valence-corrected chi connectivity index (χ2v) is 6.27. The van der Waals surface area contributed by atoms with Crippen LogP contribution < -0.4 is 5.32 Å². The van der Waals surface area contributed by atoms with E-state index in [0.29, 0.717) is 50.2 Å². The Bertz CT molecular complexity index is 939. The zero-order valence-corrected chi connectivity index (χ0v) is 15.1. The highest BCUT2D eigenvalue weighted by Gasteiger charge is 2.24. The van der Waals surface area contributed by atoms with E-state index in [0.717, 1.165) is 5.56 Å². The minimum Gasteiger partial charge on any atom is -0.378 e. The smallest absolute Gasteiger partial charge is 0.348 e. The number of hydrogen-bond donors (Lipinski definition) is 1. The van der Waals surface area contributed by atoms with Crippen LogP contribution in [0, 0.1) is 5.82 Å². The number of carbonyl (C=O) groups excluding carboxylic acids is 1. The van der Waals surface area contributed by atoms with Gasteiger partial charge in [-0.15, -0.1) is 9.78 Å². The molecule has 9 heteroatoms. The summed E-state index contributed by atoms with van der Waals surface area (Å²) in [6.45, 7) is 2.36. The van der Waals surface area contributed by atoms with Gasteiger partial charge in [-0.2, -0.15) is 4.98 Å². The summed E-state index contributed by atoms with van der Waals surface area (Å²) in [4.78, 5) is 23.2. The standard InChI is InChI=1S/C19H19FN6O2/c20-16-5-3-14(4-6-16)12-22-18-23-17(15-2-1-7-21-13-15)24-26(18)19(27)25-8-10-28-11-9-25/h1-7,13H,8-12H2,(H,22,23,24). The molecular formula is C19H19FN6O2. The van der Waals surface area contributed by atoms with Crippen LogP contribution in [0.25, 0.3) is 11.4 Å². The lowest BCUT2D eigenvalue weighted by atomic mass is 10.2. The minimum atomic E-state index is -0.298. The van der Waals surface area contributed by atoms with E-state index in [1.165, 1.54) is 16.8 Å². The number of hydrogen-bond acceptors (Lipinski definition) is 6. The molecule has 1 fully saturated rings. The van der Waals surface area contributed by atoms with Crippen molar-refractivity contribution < 1.29 is 13.9 Å². The van der Waals surface area contributed by atoms with Gasteiger partial charge in [-0.1, -0.05) is 12.1 Å². The number of amides is 1. The van der Waals surface area contributed by atoms with Gasteiger partial charge < -0.3 is 15.0 Å². The summed E-state index contributed by atoms with van der Waals surface area (Å²) in [6, 6.07) is 9.47. The monoisotopic (exact) mass is 382 g/mol. The molecule has 144 valence electrons. The maximum absolute atomic E-state index is 13.1. The molecule has 1 aromatic carbocycles. The van der Waals surface area contributed by atoms with E-state index in [1.807, 2.05) is 6.07 Å². The number of anilines is 1. The average molecular weight is 382 g/mol. The van der Waals surface area contributed by atoms with Crippen LogP contribution in [-0.2, 0) is 11.3 Å². The molecule has 28 heavy (non-hydrogen) atoms. The lowest BCUT2D eigenvalue weighted by Gasteiger charge is -2.26. The molecule has 0 atom stereocenters. The number of benzene rings is 1. The molecule has 0 radical (unpaired) electrons. The Morgan fingerprint density at radius 1 is 1.18 bits per heavy atom. The third-order valence-electron chi connectivity index (χ3n) is 4.35. The number of pyridine rings is 1. The van der Waals surface area contributed by atoms with Crippen molar-refractivity contribution in [1.82, 2.24) is 24.6 Å². The number of nitrogens with one attached hydrogen (secondary N) is 1. The summed E-state index contributed by atoms with van der Waals surface area (Å²) in [7, 11) is 0. The highest BCUT2D eigenvalue weighted by Crippen LogP contribution is 2.18. The van der Waals surface area contributed by atoms with E-state index in [1.54, 1.807) is 35.5 Å². The van der Waals surface area contributed by atoms with Gasteiger partial charge >= 0.3 is 6.03 Å². The number of rotatable bonds is 4. The number of ether oxygens (including phenoxy) is 1. The lowest BCUT2D eigenvalue weighted by Crippen LogP contribution is -2.43. The fourth-order valence-electron chi connectivity index (χ4n) is 2.85. The van der Waals surface area contributed by atoms with E-state index in [9.17, 15) is 9.18 Å². The van der Waals surface area contributed by atoms with Gasteiger partial charge in [0.1, 0.15) is 5.82 Å². The molecule has 1 aliphatic heterocycles. The number of nitrogens with zero attached hydrogens (tertiary/aromatic N) is 5. The van der Waals surface area contributed by atoms with Gasteiger partial charge in [0, 0.05) is 37.6 Å². The first-order valence-electron chi connectivity index (χ1n) is 8.93. The van der Waals surface area contributed by atoms with E-state index in [-0.39, 0.29) is 11.8 Å². The fourth-order valence-corrected chi connectivity index (χ4v) is 2.85. The molecule has 0 saturated carbocycles. The second-order valence-electron chi connectivity index (χ2n) is 6.27. The van der Waals surface area contributed by atoms with E-state index >= 15 is 0 Å². The summed E-state index contributed by atoms with van der Waals surface area (Å²) >= 11 is 0. The zero-order valence-electron chi connectivity index (χ0n) is 15.1. The lowest BCUT2D eigenvalue weighted by molar-refractivity contribution is 0.0530. The van der Waals surface area contributed by atoms with Crippen LogP contribution in [0.5, 0.6) is 0 Å². The molecule has 1 amide bonds. The maximum Gasteiger partial charge on any atom is 0.348 e. The Labute approximate surface area is 161 Å². The van der Waals surface area contributed by atoms with Gasteiger partial charge in [0.25, 0.3) is 0 Å². The van der Waals surface area contributed by atoms with Crippen molar-refractivity contribution in [1.29, 1.82) is 0 Å². The number of carbonyl (C=O) groups is 1. The van der Waals surface area contributed by atoms with Crippen molar-refractivity contribution in [2.24, 2.45) is 0 Å². The quantitative estimate of drug-likeness (QED) is 0.746. The van der Waals surface area contributed by atoms with Crippen LogP contribution in [0.1, 0.15) is 5.56 Å². The zero-order chi connectivity index (χ0) is 19.3. The predicted molar refractivity (Wildman–Crippen MR) is 100 cm³/mol. The molecule has 4 rings (SSSR count). The third-order valence-corrected chi connectivity index (χ3v) is 4.35. The number of aromatic nitrogens is 4. The Balaban J connectivity index is 1.61. The van der Waals surface area contributed by atoms with Gasteiger partial charge in [0.15, 0.2) is 5.82 Å². The highest BCUT2D eigenvalue weighted by atomic mass is 19.1. The molecule has 1 saturated heterocycles. The van der Waals surface area contributed by atoms with Crippen LogP contribution in [0.3, 0.4) is 0 Å². The second kappa shape index (κ2) is 8.13. The van der Waals surface area contributed by atoms with Crippen LogP contribution in [-0.4, -0.2) is 57.0 Å². The number of halogens is 1. The van der Waals surface area contributed by atoms with Crippen molar-refractivity contribution in [3.05, 3.63) is 60.2 Å². The van der Waals surface area contributed by atoms with Gasteiger partial charge in [-0.25, -0.2) is 9.18 Å². The molecule has 0 unspecified atom stereocenters. The van der Waals surface area contributed by atoms with Gasteiger partial charge in [0.2, 0.25) is 5.95 Å². The molecule has 2 aromatic heterocycles. The first-order chi connectivity index (χ1) is 13.7. The first kappa shape index (κ1) is 18.1. The Morgan fingerprint density at radius 3 is 2.68 bits per heavy atom. The van der Waals surface area contributed by atoms with E-state index in [2.05, 4.69) is 20.4 Å². The Kier molecular flexibility index (Phi) is 5.24. The van der Waals surface area contributed by atoms with Gasteiger partial charge in [0.05, 0.1) is 13.2 Å². The normalized spacial score (nSPS) is 14.1. The largest absolute Gasteiger partial charge is 0.378 e. The summed E-state index contributed by atoms with van der Waals surface area (Å²) in [5.74, 6) is 0.421. The molecule has 1 aliphatic rings. The fraction of sp³-hybridized carbons (Fsp3) is 0.263. The molecule has 0 spiro atoms. The Hall–Kier alpha value is -3.33. The van der Waals surface area contributed by atoms with Gasteiger partial charge in [-0.05, 0) is 29.8 Å². The average Bonchev–Trinajstić information content (AvgIpc) is 3.18. The van der Waals surface area contributed by atoms with Crippen molar-refractivity contribution in [2.45, 2.75) is 6.54 Å². The van der Waals surface area contributed by atoms with Crippen LogP contribution in [0.2, 0.25) is 0 Å². The first-order valence-corrected chi connectivity index (χ1v) is 8.93. The molecular weight excluding hydrogens is 363 g/mol. The predicted octanol–water partition coefficient (Wildman–Crippen LogP) is 2.39. The number of morpholine rings is 1. The molecule has 8 nitrogen and oxygen atoms in total. The molecule has 1 N–H and O–H groups in total. The summed E-state index contributed by atoms with van der Waals surface area (Å²) in [6.07, 6.45) is 3.30. The third kappa shape index (κ3) is 3.99. The summed E-state index contributed by atoms with van der Waals surface area (Å²) in [5.41, 5.74) is 1.57. The summed E-state index contributed by atoms with van der Waals surface area (Å²) in [5, 5.41) is 7.52. The van der Waals surface area contributed by atoms with Crippen LogP contribution in [0.15, 0.2) is 48.8 Å². The van der Waals surface area contributed by atoms with Crippen LogP contribution in [0.4, 0.5) is 15.1 Å². The van der Waals surface area contributed by atoms with Crippen molar-refractivity contribution in [3.8, 4) is 11.4 Å². The maximum atomic E-state index is 13.1.